The van der Waals surface area contributed by atoms with E-state index in [9.17, 15) is 4.39 Å². The maximum atomic E-state index is 12.8. The predicted octanol–water partition coefficient (Wildman–Crippen LogP) is 3.98. The van der Waals surface area contributed by atoms with Gasteiger partial charge in [-0.15, -0.1) is 0 Å². The second-order valence-corrected chi connectivity index (χ2v) is 4.96. The third-order valence-corrected chi connectivity index (χ3v) is 3.56. The summed E-state index contributed by atoms with van der Waals surface area (Å²) in [5, 5.41) is 8.49. The number of hydrogen-bond donors (Lipinski definition) is 0. The van der Waals surface area contributed by atoms with Crippen LogP contribution in [-0.2, 0) is 11.3 Å². The SMILES string of the molecule is N#C/C=C/C1CCC(OCc2ccc(F)cc2)CC1. The molecule has 0 spiro atoms. The molecular formula is C16H18FNO. The summed E-state index contributed by atoms with van der Waals surface area (Å²) >= 11 is 0. The van der Waals surface area contributed by atoms with Gasteiger partial charge in [-0.1, -0.05) is 18.2 Å². The molecule has 2 nitrogen and oxygen atoms in total. The van der Waals surface area contributed by atoms with Crippen LogP contribution < -0.4 is 0 Å². The lowest BCUT2D eigenvalue weighted by atomic mass is 9.87. The Morgan fingerprint density at radius 2 is 1.89 bits per heavy atom. The molecule has 0 atom stereocenters. The highest BCUT2D eigenvalue weighted by Gasteiger charge is 2.19. The molecule has 0 bridgehead atoms. The average molecular weight is 259 g/mol. The predicted molar refractivity (Wildman–Crippen MR) is 71.7 cm³/mol. The molecule has 0 heterocycles. The van der Waals surface area contributed by atoms with Crippen molar-refractivity contribution in [2.24, 2.45) is 5.92 Å². The average Bonchev–Trinajstić information content (AvgIpc) is 2.46. The molecule has 0 aromatic heterocycles. The lowest BCUT2D eigenvalue weighted by molar-refractivity contribution is 0.0110. The van der Waals surface area contributed by atoms with Crippen molar-refractivity contribution in [1.82, 2.24) is 0 Å². The first kappa shape index (κ1) is 13.8. The van der Waals surface area contributed by atoms with Gasteiger partial charge in [-0.3, -0.25) is 0 Å². The van der Waals surface area contributed by atoms with E-state index < -0.39 is 0 Å². The second-order valence-electron chi connectivity index (χ2n) is 4.96. The summed E-state index contributed by atoms with van der Waals surface area (Å²) < 4.78 is 18.6. The van der Waals surface area contributed by atoms with Crippen LogP contribution in [-0.4, -0.2) is 6.10 Å². The summed E-state index contributed by atoms with van der Waals surface area (Å²) in [7, 11) is 0. The Morgan fingerprint density at radius 3 is 2.53 bits per heavy atom. The van der Waals surface area contributed by atoms with E-state index in [1.165, 1.54) is 12.1 Å². The van der Waals surface area contributed by atoms with Crippen molar-refractivity contribution >= 4 is 0 Å². The Balaban J connectivity index is 1.73. The molecule has 1 aromatic carbocycles. The zero-order valence-electron chi connectivity index (χ0n) is 10.9. The van der Waals surface area contributed by atoms with Crippen LogP contribution in [0.5, 0.6) is 0 Å². The molecule has 0 N–H and O–H groups in total. The normalized spacial score (nSPS) is 23.4. The van der Waals surface area contributed by atoms with E-state index in [2.05, 4.69) is 0 Å². The molecule has 19 heavy (non-hydrogen) atoms. The quantitative estimate of drug-likeness (QED) is 0.766. The van der Waals surface area contributed by atoms with E-state index in [4.69, 9.17) is 10.00 Å². The maximum Gasteiger partial charge on any atom is 0.123 e. The fourth-order valence-corrected chi connectivity index (χ4v) is 2.42. The first-order valence-electron chi connectivity index (χ1n) is 6.70. The van der Waals surface area contributed by atoms with Gasteiger partial charge in [0.2, 0.25) is 0 Å². The van der Waals surface area contributed by atoms with Crippen LogP contribution in [0.25, 0.3) is 0 Å². The molecule has 1 aliphatic carbocycles. The van der Waals surface area contributed by atoms with Crippen molar-refractivity contribution < 1.29 is 9.13 Å². The minimum Gasteiger partial charge on any atom is -0.374 e. The van der Waals surface area contributed by atoms with Gasteiger partial charge in [0.15, 0.2) is 0 Å². The van der Waals surface area contributed by atoms with Crippen molar-refractivity contribution in [1.29, 1.82) is 5.26 Å². The first-order valence-corrected chi connectivity index (χ1v) is 6.70. The van der Waals surface area contributed by atoms with E-state index in [0.29, 0.717) is 12.5 Å². The summed E-state index contributed by atoms with van der Waals surface area (Å²) in [6.07, 6.45) is 8.07. The summed E-state index contributed by atoms with van der Waals surface area (Å²) in [4.78, 5) is 0. The smallest absolute Gasteiger partial charge is 0.123 e. The van der Waals surface area contributed by atoms with Crippen LogP contribution in [0.3, 0.4) is 0 Å². The topological polar surface area (TPSA) is 33.0 Å². The molecule has 1 saturated carbocycles. The van der Waals surface area contributed by atoms with Gasteiger partial charge in [-0.05, 0) is 49.3 Å². The molecular weight excluding hydrogens is 241 g/mol. The Morgan fingerprint density at radius 1 is 1.21 bits per heavy atom. The highest BCUT2D eigenvalue weighted by molar-refractivity contribution is 5.15. The fraction of sp³-hybridized carbons (Fsp3) is 0.438. The van der Waals surface area contributed by atoms with Crippen molar-refractivity contribution in [2.45, 2.75) is 38.4 Å². The number of hydrogen-bond acceptors (Lipinski definition) is 2. The van der Waals surface area contributed by atoms with Crippen molar-refractivity contribution in [2.75, 3.05) is 0 Å². The summed E-state index contributed by atoms with van der Waals surface area (Å²) in [6, 6.07) is 8.48. The minimum atomic E-state index is -0.214. The van der Waals surface area contributed by atoms with Crippen LogP contribution in [0.15, 0.2) is 36.4 Å². The van der Waals surface area contributed by atoms with Gasteiger partial charge >= 0.3 is 0 Å². The van der Waals surface area contributed by atoms with Crippen molar-refractivity contribution in [3.05, 3.63) is 47.8 Å². The fourth-order valence-electron chi connectivity index (χ4n) is 2.42. The Bertz CT molecular complexity index is 453. The molecule has 0 aliphatic heterocycles. The van der Waals surface area contributed by atoms with Gasteiger partial charge < -0.3 is 4.74 Å². The van der Waals surface area contributed by atoms with Gasteiger partial charge in [0.05, 0.1) is 18.8 Å². The molecule has 2 rings (SSSR count). The summed E-state index contributed by atoms with van der Waals surface area (Å²) in [5.41, 5.74) is 1.01. The van der Waals surface area contributed by atoms with E-state index in [1.807, 2.05) is 12.1 Å². The van der Waals surface area contributed by atoms with Gasteiger partial charge in [-0.2, -0.15) is 5.26 Å². The lowest BCUT2D eigenvalue weighted by Gasteiger charge is -2.26. The first-order chi connectivity index (χ1) is 9.28. The molecule has 0 saturated heterocycles. The van der Waals surface area contributed by atoms with Crippen LogP contribution >= 0.6 is 0 Å². The summed E-state index contributed by atoms with van der Waals surface area (Å²) in [6.45, 7) is 0.545. The largest absolute Gasteiger partial charge is 0.374 e. The zero-order chi connectivity index (χ0) is 13.5. The molecule has 1 aromatic rings. The minimum absolute atomic E-state index is 0.214. The Kier molecular flexibility index (Phi) is 5.11. The Labute approximate surface area is 113 Å². The number of benzene rings is 1. The highest BCUT2D eigenvalue weighted by atomic mass is 19.1. The van der Waals surface area contributed by atoms with E-state index >= 15 is 0 Å². The van der Waals surface area contributed by atoms with Crippen LogP contribution in [0.2, 0.25) is 0 Å². The number of nitriles is 1. The molecule has 1 aliphatic rings. The molecule has 1 fully saturated rings. The van der Waals surface area contributed by atoms with Gasteiger partial charge in [0.1, 0.15) is 5.82 Å². The van der Waals surface area contributed by atoms with Crippen LogP contribution in [0, 0.1) is 23.1 Å². The number of nitrogens with zero attached hydrogens (tertiary/aromatic N) is 1. The van der Waals surface area contributed by atoms with Crippen LogP contribution in [0.1, 0.15) is 31.2 Å². The number of rotatable bonds is 4. The van der Waals surface area contributed by atoms with E-state index in [-0.39, 0.29) is 11.9 Å². The third-order valence-electron chi connectivity index (χ3n) is 3.56. The number of halogens is 1. The second kappa shape index (κ2) is 7.06. The van der Waals surface area contributed by atoms with Gasteiger partial charge in [-0.25, -0.2) is 4.39 Å². The highest BCUT2D eigenvalue weighted by Crippen LogP contribution is 2.27. The van der Waals surface area contributed by atoms with Crippen molar-refractivity contribution in [3.63, 3.8) is 0 Å². The molecule has 0 amide bonds. The van der Waals surface area contributed by atoms with Crippen LogP contribution in [0.4, 0.5) is 4.39 Å². The number of allylic oxidation sites excluding steroid dienone is 2. The molecule has 0 unspecified atom stereocenters. The third kappa shape index (κ3) is 4.50. The van der Waals surface area contributed by atoms with Gasteiger partial charge in [0, 0.05) is 6.08 Å². The van der Waals surface area contributed by atoms with E-state index in [0.717, 1.165) is 31.2 Å². The maximum absolute atomic E-state index is 12.8. The van der Waals surface area contributed by atoms with Crippen molar-refractivity contribution in [3.8, 4) is 6.07 Å². The van der Waals surface area contributed by atoms with E-state index in [1.54, 1.807) is 18.2 Å². The molecule has 100 valence electrons. The zero-order valence-corrected chi connectivity index (χ0v) is 10.9. The lowest BCUT2D eigenvalue weighted by Crippen LogP contribution is -2.20. The summed E-state index contributed by atoms with van der Waals surface area (Å²) in [5.74, 6) is 0.304. The Hall–Kier alpha value is -1.66. The monoisotopic (exact) mass is 259 g/mol. The standard InChI is InChI=1S/C16H18FNO/c17-15-7-3-14(4-8-15)12-19-16-9-5-13(6-10-16)2-1-11-18/h1-4,7-8,13,16H,5-6,9-10,12H2/b2-1+. The molecule has 3 heteroatoms. The van der Waals surface area contributed by atoms with Gasteiger partial charge in [0.25, 0.3) is 0 Å². The molecule has 0 radical (unpaired) electrons. The number of ether oxygens (including phenoxy) is 1.